The summed E-state index contributed by atoms with van der Waals surface area (Å²) in [5, 5.41) is 18.6. The number of aliphatic hydroxyl groups is 1. The Morgan fingerprint density at radius 2 is 1.68 bits per heavy atom. The van der Waals surface area contributed by atoms with E-state index in [0.29, 0.717) is 84.6 Å². The number of aryl methyl sites for hydroxylation is 1. The summed E-state index contributed by atoms with van der Waals surface area (Å²) in [6.07, 6.45) is 4.41. The number of aromatic nitrogens is 2. The van der Waals surface area contributed by atoms with Crippen molar-refractivity contribution in [1.29, 1.82) is 0 Å². The average molecular weight is 774 g/mol. The Labute approximate surface area is 320 Å². The third-order valence-electron chi connectivity index (χ3n) is 11.3. The molecule has 1 fully saturated rings. The lowest BCUT2D eigenvalue weighted by Crippen LogP contribution is -2.44. The number of ether oxygens (including phenoxy) is 1. The molecule has 1 aromatic carbocycles. The summed E-state index contributed by atoms with van der Waals surface area (Å²) >= 11 is 0. The van der Waals surface area contributed by atoms with E-state index in [9.17, 15) is 38.7 Å². The number of hydrogen-bond donors (Lipinski definition) is 3. The molecule has 4 amide bonds. The number of unbranched alkanes of at least 4 members (excludes halogenated alkanes) is 3. The van der Waals surface area contributed by atoms with Gasteiger partial charge in [0, 0.05) is 61.2 Å². The van der Waals surface area contributed by atoms with E-state index in [0.717, 1.165) is 16.5 Å². The number of pyridine rings is 2. The molecule has 2 aromatic heterocycles. The number of rotatable bonds is 14. The highest BCUT2D eigenvalue weighted by Crippen LogP contribution is 2.46. The molecule has 0 radical (unpaired) electrons. The molecule has 2 atom stereocenters. The third kappa shape index (κ3) is 7.06. The van der Waals surface area contributed by atoms with Crippen molar-refractivity contribution < 1.29 is 47.8 Å². The first-order valence-electron chi connectivity index (χ1n) is 19.3. The molecule has 5 heterocycles. The molecule has 3 N–H and O–H groups in total. The van der Waals surface area contributed by atoms with Crippen LogP contribution in [-0.2, 0) is 63.5 Å². The van der Waals surface area contributed by atoms with Crippen LogP contribution in [0.1, 0.15) is 123 Å². The lowest BCUT2D eigenvalue weighted by Gasteiger charge is -2.31. The highest BCUT2D eigenvalue weighted by Gasteiger charge is 2.46. The van der Waals surface area contributed by atoms with Crippen molar-refractivity contribution in [3.63, 3.8) is 0 Å². The predicted molar refractivity (Wildman–Crippen MR) is 196 cm³/mol. The van der Waals surface area contributed by atoms with E-state index in [1.807, 2.05) is 0 Å². The van der Waals surface area contributed by atoms with Crippen LogP contribution in [0.4, 0.5) is 4.39 Å². The summed E-state index contributed by atoms with van der Waals surface area (Å²) in [5.41, 5.74) is 1.95. The van der Waals surface area contributed by atoms with Crippen molar-refractivity contribution in [2.24, 2.45) is 0 Å². The molecule has 56 heavy (non-hydrogen) atoms. The van der Waals surface area contributed by atoms with Crippen molar-refractivity contribution in [3.8, 4) is 11.4 Å². The van der Waals surface area contributed by atoms with Crippen LogP contribution in [-0.4, -0.2) is 61.8 Å². The maximum absolute atomic E-state index is 15.2. The number of imide groups is 1. The number of carbonyl (C=O) groups is 6. The molecule has 0 spiro atoms. The number of hydrogen-bond acceptors (Lipinski definition) is 11. The minimum absolute atomic E-state index is 0.00530. The highest BCUT2D eigenvalue weighted by atomic mass is 19.1. The van der Waals surface area contributed by atoms with Crippen LogP contribution >= 0.6 is 0 Å². The van der Waals surface area contributed by atoms with Crippen molar-refractivity contribution in [3.05, 3.63) is 61.7 Å². The zero-order valence-electron chi connectivity index (χ0n) is 31.4. The van der Waals surface area contributed by atoms with Gasteiger partial charge in [0.15, 0.2) is 5.60 Å². The number of cyclic esters (lactones) is 1. The highest BCUT2D eigenvalue weighted by molar-refractivity contribution is 6.01. The summed E-state index contributed by atoms with van der Waals surface area (Å²) in [4.78, 5) is 97.0. The number of hydroxylamine groups is 2. The van der Waals surface area contributed by atoms with Crippen LogP contribution in [0.5, 0.6) is 0 Å². The van der Waals surface area contributed by atoms with Crippen molar-refractivity contribution >= 4 is 46.5 Å². The molecule has 7 rings (SSSR count). The Bertz CT molecular complexity index is 2240. The largest absolute Gasteiger partial charge is 0.458 e. The van der Waals surface area contributed by atoms with E-state index in [1.54, 1.807) is 19.9 Å². The number of nitrogens with one attached hydrogen (secondary N) is 2. The Kier molecular flexibility index (Phi) is 10.8. The van der Waals surface area contributed by atoms with Gasteiger partial charge in [0.25, 0.3) is 17.4 Å². The van der Waals surface area contributed by atoms with Crippen LogP contribution in [0, 0.1) is 12.7 Å². The molecule has 3 aliphatic heterocycles. The van der Waals surface area contributed by atoms with Gasteiger partial charge < -0.3 is 29.9 Å². The first-order valence-corrected chi connectivity index (χ1v) is 19.3. The smallest absolute Gasteiger partial charge is 0.343 e. The zero-order valence-corrected chi connectivity index (χ0v) is 31.4. The summed E-state index contributed by atoms with van der Waals surface area (Å²) in [6, 6.07) is 2.52. The molecule has 0 unspecified atom stereocenters. The normalized spacial score (nSPS) is 19.4. The van der Waals surface area contributed by atoms with Crippen molar-refractivity contribution in [1.82, 2.24) is 25.2 Å². The molecule has 16 heteroatoms. The zero-order chi connectivity index (χ0) is 39.9. The van der Waals surface area contributed by atoms with Crippen LogP contribution < -0.4 is 16.2 Å². The number of amides is 4. The first-order chi connectivity index (χ1) is 26.8. The lowest BCUT2D eigenvalue weighted by atomic mass is 9.81. The number of halogens is 1. The predicted octanol–water partition coefficient (Wildman–Crippen LogP) is 3.47. The van der Waals surface area contributed by atoms with Crippen molar-refractivity contribution in [2.45, 2.75) is 122 Å². The van der Waals surface area contributed by atoms with Gasteiger partial charge in [-0.3, -0.25) is 24.0 Å². The van der Waals surface area contributed by atoms with Gasteiger partial charge in [-0.1, -0.05) is 19.8 Å². The minimum atomic E-state index is -2.00. The summed E-state index contributed by atoms with van der Waals surface area (Å²) < 4.78 is 22.0. The van der Waals surface area contributed by atoms with Crippen molar-refractivity contribution in [2.75, 3.05) is 6.54 Å². The average Bonchev–Trinajstić information content (AvgIpc) is 3.70. The second-order valence-electron chi connectivity index (χ2n) is 14.9. The standard InChI is InChI=1S/C40H44FN5O10/c1-3-40(54)25-17-29-37-23(19-45(29)38(52)24(25)20-55-39(40)53)36-27(13-12-22-21(2)26(41)18-28(44-37)35(22)36)43-31(48)10-8-16-42-30(47)9-6-4-5-7-11-34(51)56-46-32(49)14-15-33(46)50/h17-18,27,54H,3-16,19-20H2,1-2H3,(H,42,47)(H,43,48)/t27-,40-/m0/s1. The molecule has 1 aliphatic carbocycles. The van der Waals surface area contributed by atoms with Gasteiger partial charge in [0.05, 0.1) is 35.1 Å². The molecule has 1 saturated heterocycles. The van der Waals surface area contributed by atoms with Crippen LogP contribution in [0.3, 0.4) is 0 Å². The quantitative estimate of drug-likeness (QED) is 0.0962. The second kappa shape index (κ2) is 15.6. The second-order valence-corrected chi connectivity index (χ2v) is 14.9. The van der Waals surface area contributed by atoms with E-state index < -0.39 is 46.8 Å². The van der Waals surface area contributed by atoms with Gasteiger partial charge >= 0.3 is 11.9 Å². The molecule has 4 aliphatic rings. The molecular weight excluding hydrogens is 729 g/mol. The number of benzene rings is 1. The Balaban J connectivity index is 0.956. The van der Waals surface area contributed by atoms with Gasteiger partial charge in [-0.25, -0.2) is 19.0 Å². The van der Waals surface area contributed by atoms with Gasteiger partial charge in [-0.2, -0.15) is 0 Å². The fourth-order valence-electron chi connectivity index (χ4n) is 8.24. The SMILES string of the molecule is CC[C@@]1(O)C(=O)OCc2c1cc1n(c2=O)Cc2c-1nc1cc(F)c(C)c3c1c2[C@@H](NC(=O)CCCNC(=O)CCCCCCC(=O)ON1C(=O)CCC1=O)CC3. The van der Waals surface area contributed by atoms with E-state index in [4.69, 9.17) is 14.6 Å². The first kappa shape index (κ1) is 38.8. The molecule has 0 bridgehead atoms. The van der Waals surface area contributed by atoms with E-state index in [1.165, 1.54) is 10.6 Å². The van der Waals surface area contributed by atoms with E-state index in [2.05, 4.69) is 10.6 Å². The van der Waals surface area contributed by atoms with E-state index in [-0.39, 0.29) is 74.6 Å². The lowest BCUT2D eigenvalue weighted by molar-refractivity contribution is -0.197. The van der Waals surface area contributed by atoms with Gasteiger partial charge in [-0.05, 0) is 68.2 Å². The molecule has 3 aromatic rings. The summed E-state index contributed by atoms with van der Waals surface area (Å²) in [6.45, 7) is 3.51. The monoisotopic (exact) mass is 773 g/mol. The Hall–Kier alpha value is -5.51. The summed E-state index contributed by atoms with van der Waals surface area (Å²) in [7, 11) is 0. The summed E-state index contributed by atoms with van der Waals surface area (Å²) in [5.74, 6) is -3.30. The molecule has 0 saturated carbocycles. The van der Waals surface area contributed by atoms with Gasteiger partial charge in [0.2, 0.25) is 11.8 Å². The number of nitrogens with zero attached hydrogens (tertiary/aromatic N) is 3. The maximum atomic E-state index is 15.2. The topological polar surface area (TPSA) is 203 Å². The fourth-order valence-corrected chi connectivity index (χ4v) is 8.24. The van der Waals surface area contributed by atoms with E-state index >= 15 is 4.39 Å². The Morgan fingerprint density at radius 3 is 2.41 bits per heavy atom. The molecule has 15 nitrogen and oxygen atoms in total. The van der Waals surface area contributed by atoms with Gasteiger partial charge in [-0.15, -0.1) is 5.06 Å². The minimum Gasteiger partial charge on any atom is -0.458 e. The maximum Gasteiger partial charge on any atom is 0.343 e. The third-order valence-corrected chi connectivity index (χ3v) is 11.3. The fraction of sp³-hybridized carbons (Fsp3) is 0.500. The van der Waals surface area contributed by atoms with Gasteiger partial charge in [0.1, 0.15) is 12.4 Å². The van der Waals surface area contributed by atoms with Crippen LogP contribution in [0.2, 0.25) is 0 Å². The number of esters is 1. The Morgan fingerprint density at radius 1 is 0.964 bits per heavy atom. The number of carbonyl (C=O) groups excluding carboxylic acids is 6. The van der Waals surface area contributed by atoms with Crippen LogP contribution in [0.25, 0.3) is 22.3 Å². The number of fused-ring (bicyclic) bond motifs is 5. The van der Waals surface area contributed by atoms with Crippen LogP contribution in [0.15, 0.2) is 16.9 Å². The molecular formula is C40H44FN5O10. The molecule has 296 valence electrons.